The smallest absolute Gasteiger partial charge is 0.246 e. The molecule has 2 amide bonds. The molecule has 7 heteroatoms. The topological polar surface area (TPSA) is 52.7 Å². The molecule has 0 saturated carbocycles. The Labute approximate surface area is 149 Å². The van der Waals surface area contributed by atoms with Crippen molar-refractivity contribution in [2.75, 3.05) is 24.7 Å². The molecule has 3 aliphatic heterocycles. The monoisotopic (exact) mass is 361 g/mol. The van der Waals surface area contributed by atoms with Crippen molar-refractivity contribution in [2.45, 2.75) is 63.6 Å². The summed E-state index contributed by atoms with van der Waals surface area (Å²) in [4.78, 5) is 29.4. The Bertz CT molecular complexity index is 424. The average molecular weight is 362 g/mol. The second-order valence-electron chi connectivity index (χ2n) is 6.61. The highest BCUT2D eigenvalue weighted by Crippen LogP contribution is 2.32. The van der Waals surface area contributed by atoms with Gasteiger partial charge in [-0.1, -0.05) is 13.3 Å². The van der Waals surface area contributed by atoms with Crippen LogP contribution in [0.25, 0.3) is 0 Å². The minimum absolute atomic E-state index is 0. The van der Waals surface area contributed by atoms with Crippen molar-refractivity contribution in [2.24, 2.45) is 0 Å². The van der Waals surface area contributed by atoms with Crippen molar-refractivity contribution < 1.29 is 9.59 Å². The summed E-state index contributed by atoms with van der Waals surface area (Å²) in [6.07, 6.45) is 5.79. The lowest BCUT2D eigenvalue weighted by Gasteiger charge is -2.33. The van der Waals surface area contributed by atoms with Crippen LogP contribution in [0.4, 0.5) is 0 Å². The van der Waals surface area contributed by atoms with Gasteiger partial charge in [-0.15, -0.1) is 24.2 Å². The molecule has 0 aromatic heterocycles. The first kappa shape index (κ1) is 18.9. The third kappa shape index (κ3) is 3.97. The Morgan fingerprint density at radius 2 is 2.00 bits per heavy atom. The zero-order valence-electron chi connectivity index (χ0n) is 13.8. The number of halogens is 1. The number of nitrogens with zero attached hydrogens (tertiary/aromatic N) is 2. The highest BCUT2D eigenvalue weighted by atomic mass is 35.5. The van der Waals surface area contributed by atoms with Gasteiger partial charge < -0.3 is 15.1 Å². The van der Waals surface area contributed by atoms with E-state index >= 15 is 0 Å². The molecule has 2 bridgehead atoms. The van der Waals surface area contributed by atoms with Crippen LogP contribution in [0.3, 0.4) is 0 Å². The van der Waals surface area contributed by atoms with Crippen LogP contribution in [-0.4, -0.2) is 64.5 Å². The molecular weight excluding hydrogens is 334 g/mol. The van der Waals surface area contributed by atoms with E-state index in [9.17, 15) is 9.59 Å². The molecule has 5 nitrogen and oxygen atoms in total. The Morgan fingerprint density at radius 3 is 2.78 bits per heavy atom. The predicted octanol–water partition coefficient (Wildman–Crippen LogP) is 1.85. The molecule has 0 radical (unpaired) electrons. The first-order valence-electron chi connectivity index (χ1n) is 8.62. The number of carbonyl (C=O) groups excluding carboxylic acids is 2. The summed E-state index contributed by atoms with van der Waals surface area (Å²) >= 11 is 1.71. The molecule has 3 heterocycles. The molecule has 0 spiro atoms. The number of hydrogen-bond donors (Lipinski definition) is 1. The fourth-order valence-corrected chi connectivity index (χ4v) is 5.05. The lowest BCUT2D eigenvalue weighted by molar-refractivity contribution is -0.145. The van der Waals surface area contributed by atoms with E-state index in [2.05, 4.69) is 17.1 Å². The number of hydrogen-bond acceptors (Lipinski definition) is 4. The van der Waals surface area contributed by atoms with E-state index in [1.165, 1.54) is 0 Å². The maximum atomic E-state index is 13.1. The molecule has 3 aliphatic rings. The van der Waals surface area contributed by atoms with Crippen LogP contribution in [0.15, 0.2) is 0 Å². The number of amides is 2. The highest BCUT2D eigenvalue weighted by molar-refractivity contribution is 7.99. The number of fused-ring (bicyclic) bond motifs is 2. The van der Waals surface area contributed by atoms with Crippen LogP contribution in [-0.2, 0) is 9.59 Å². The molecule has 3 saturated heterocycles. The van der Waals surface area contributed by atoms with E-state index in [0.29, 0.717) is 24.4 Å². The molecule has 0 aromatic rings. The number of rotatable bonds is 4. The number of thioether (sulfide) groups is 1. The summed E-state index contributed by atoms with van der Waals surface area (Å²) in [6.45, 7) is 4.01. The fourth-order valence-electron chi connectivity index (χ4n) is 3.88. The molecule has 1 N–H and O–H groups in total. The van der Waals surface area contributed by atoms with Crippen LogP contribution in [0, 0.1) is 0 Å². The van der Waals surface area contributed by atoms with Crippen molar-refractivity contribution in [1.29, 1.82) is 0 Å². The normalized spacial score (nSPS) is 30.0. The Hall–Kier alpha value is -0.460. The van der Waals surface area contributed by atoms with Crippen molar-refractivity contribution in [3.8, 4) is 0 Å². The maximum Gasteiger partial charge on any atom is 0.246 e. The Balaban J connectivity index is 0.00000192. The van der Waals surface area contributed by atoms with E-state index < -0.39 is 0 Å². The molecule has 23 heavy (non-hydrogen) atoms. The van der Waals surface area contributed by atoms with Gasteiger partial charge in [0.1, 0.15) is 6.04 Å². The molecule has 0 aliphatic carbocycles. The SMILES string of the molecule is CCCCC(=O)N1CSCC1C(=O)N1C2CCNCC1CC2.Cl. The fraction of sp³-hybridized carbons (Fsp3) is 0.875. The first-order chi connectivity index (χ1) is 10.7. The molecule has 0 aromatic carbocycles. The van der Waals surface area contributed by atoms with Gasteiger partial charge >= 0.3 is 0 Å². The molecular formula is C16H28ClN3O2S. The molecule has 3 unspecified atom stereocenters. The molecule has 3 rings (SSSR count). The summed E-state index contributed by atoms with van der Waals surface area (Å²) in [7, 11) is 0. The highest BCUT2D eigenvalue weighted by Gasteiger charge is 2.44. The van der Waals surface area contributed by atoms with Gasteiger partial charge in [0.05, 0.1) is 5.88 Å². The van der Waals surface area contributed by atoms with E-state index in [0.717, 1.165) is 50.9 Å². The van der Waals surface area contributed by atoms with Gasteiger partial charge in [-0.3, -0.25) is 9.59 Å². The van der Waals surface area contributed by atoms with Crippen LogP contribution in [0.1, 0.15) is 45.4 Å². The first-order valence-corrected chi connectivity index (χ1v) is 9.78. The average Bonchev–Trinajstić information content (AvgIpc) is 3.08. The van der Waals surface area contributed by atoms with Gasteiger partial charge in [-0.2, -0.15) is 0 Å². The zero-order chi connectivity index (χ0) is 15.5. The van der Waals surface area contributed by atoms with Gasteiger partial charge in [0.25, 0.3) is 0 Å². The maximum absolute atomic E-state index is 13.1. The summed E-state index contributed by atoms with van der Waals surface area (Å²) in [6, 6.07) is 0.486. The van der Waals surface area contributed by atoms with E-state index in [-0.39, 0.29) is 30.3 Å². The second kappa shape index (κ2) is 8.58. The molecule has 3 fully saturated rings. The van der Waals surface area contributed by atoms with Crippen LogP contribution < -0.4 is 5.32 Å². The predicted molar refractivity (Wildman–Crippen MR) is 95.9 cm³/mol. The number of carbonyl (C=O) groups is 2. The zero-order valence-corrected chi connectivity index (χ0v) is 15.5. The molecule has 3 atom stereocenters. The van der Waals surface area contributed by atoms with E-state index in [4.69, 9.17) is 0 Å². The third-order valence-corrected chi connectivity index (χ3v) is 6.15. The van der Waals surface area contributed by atoms with Gasteiger partial charge in [0.2, 0.25) is 11.8 Å². The van der Waals surface area contributed by atoms with E-state index in [1.807, 2.05) is 4.90 Å². The summed E-state index contributed by atoms with van der Waals surface area (Å²) in [5, 5.41) is 3.44. The van der Waals surface area contributed by atoms with Gasteiger partial charge in [-0.05, 0) is 32.2 Å². The minimum atomic E-state index is -0.226. The standard InChI is InChI=1S/C16H27N3O2S.ClH/c1-2-3-4-15(20)18-11-22-10-14(18)16(21)19-12-5-6-13(19)9-17-8-7-12;/h12-14,17H,2-11H2,1H3;1H. The second-order valence-corrected chi connectivity index (χ2v) is 7.61. The quantitative estimate of drug-likeness (QED) is 0.830. The van der Waals surface area contributed by atoms with Crippen LogP contribution in [0.2, 0.25) is 0 Å². The largest absolute Gasteiger partial charge is 0.334 e. The van der Waals surface area contributed by atoms with Crippen molar-refractivity contribution in [1.82, 2.24) is 15.1 Å². The minimum Gasteiger partial charge on any atom is -0.334 e. The van der Waals surface area contributed by atoms with Gasteiger partial charge in [0, 0.05) is 30.8 Å². The van der Waals surface area contributed by atoms with Gasteiger partial charge in [0.15, 0.2) is 0 Å². The van der Waals surface area contributed by atoms with E-state index in [1.54, 1.807) is 11.8 Å². The van der Waals surface area contributed by atoms with Gasteiger partial charge in [-0.25, -0.2) is 0 Å². The van der Waals surface area contributed by atoms with Crippen molar-refractivity contribution in [3.05, 3.63) is 0 Å². The summed E-state index contributed by atoms with van der Waals surface area (Å²) in [5.41, 5.74) is 0. The number of nitrogens with one attached hydrogen (secondary N) is 1. The summed E-state index contributed by atoms with van der Waals surface area (Å²) in [5.74, 6) is 1.80. The third-order valence-electron chi connectivity index (χ3n) is 5.14. The lowest BCUT2D eigenvalue weighted by Crippen LogP contribution is -2.53. The van der Waals surface area contributed by atoms with Crippen molar-refractivity contribution in [3.63, 3.8) is 0 Å². The lowest BCUT2D eigenvalue weighted by atomic mass is 10.1. The van der Waals surface area contributed by atoms with Crippen LogP contribution >= 0.6 is 24.2 Å². The van der Waals surface area contributed by atoms with Crippen molar-refractivity contribution >= 4 is 36.0 Å². The Kier molecular flexibility index (Phi) is 7.04. The molecule has 132 valence electrons. The Morgan fingerprint density at radius 1 is 1.22 bits per heavy atom. The summed E-state index contributed by atoms with van der Waals surface area (Å²) < 4.78 is 0. The van der Waals surface area contributed by atoms with Crippen LogP contribution in [0.5, 0.6) is 0 Å². The number of unbranched alkanes of at least 4 members (excludes halogenated alkanes) is 1.